The lowest BCUT2D eigenvalue weighted by molar-refractivity contribution is -0.141. The molecular weight excluding hydrogens is 345 g/mol. The third kappa shape index (κ3) is 4.56. The van der Waals surface area contributed by atoms with Crippen LogP contribution in [0.1, 0.15) is 31.4 Å². The predicted octanol–water partition coefficient (Wildman–Crippen LogP) is 3.92. The Bertz CT molecular complexity index is 749. The van der Waals surface area contributed by atoms with Gasteiger partial charge in [0.25, 0.3) is 0 Å². The Balaban J connectivity index is 1.68. The van der Waals surface area contributed by atoms with E-state index in [1.807, 2.05) is 24.3 Å². The van der Waals surface area contributed by atoms with Gasteiger partial charge in [-0.25, -0.2) is 0 Å². The first-order chi connectivity index (χ1) is 12.4. The Morgan fingerprint density at radius 1 is 1.08 bits per heavy atom. The number of hydrogen-bond acceptors (Lipinski definition) is 3. The van der Waals surface area contributed by atoms with E-state index in [-0.39, 0.29) is 6.54 Å². The average Bonchev–Trinajstić information content (AvgIpc) is 2.89. The Morgan fingerprint density at radius 2 is 1.77 bits per heavy atom. The molecule has 140 valence electrons. The summed E-state index contributed by atoms with van der Waals surface area (Å²) in [6.07, 6.45) is 1.26. The van der Waals surface area contributed by atoms with E-state index in [1.165, 1.54) is 12.8 Å². The minimum atomic E-state index is -4.51. The van der Waals surface area contributed by atoms with E-state index in [4.69, 9.17) is 0 Å². The molecular formula is C18H21F3N4O. The van der Waals surface area contributed by atoms with Crippen molar-refractivity contribution in [3.63, 3.8) is 0 Å². The van der Waals surface area contributed by atoms with Crippen LogP contribution in [-0.2, 0) is 17.5 Å². The van der Waals surface area contributed by atoms with Crippen molar-refractivity contribution in [2.24, 2.45) is 0 Å². The summed E-state index contributed by atoms with van der Waals surface area (Å²) in [5.41, 5.74) is 0.608. The number of para-hydroxylation sites is 2. The molecule has 5 nitrogen and oxygen atoms in total. The van der Waals surface area contributed by atoms with Gasteiger partial charge >= 0.3 is 6.18 Å². The van der Waals surface area contributed by atoms with Gasteiger partial charge in [-0.3, -0.25) is 9.48 Å². The first-order valence-corrected chi connectivity index (χ1v) is 8.68. The van der Waals surface area contributed by atoms with Gasteiger partial charge in [0.2, 0.25) is 5.91 Å². The average molecular weight is 366 g/mol. The highest BCUT2D eigenvalue weighted by Crippen LogP contribution is 2.29. The molecule has 0 bridgehead atoms. The quantitative estimate of drug-likeness (QED) is 0.892. The van der Waals surface area contributed by atoms with E-state index in [1.54, 1.807) is 0 Å². The number of nitrogens with zero attached hydrogens (tertiary/aromatic N) is 3. The van der Waals surface area contributed by atoms with Gasteiger partial charge in [-0.15, -0.1) is 0 Å². The van der Waals surface area contributed by atoms with Crippen molar-refractivity contribution in [3.8, 4) is 0 Å². The number of hydrogen-bond donors (Lipinski definition) is 1. The SMILES string of the molecule is O=C(Cn1ccc(C(F)(F)F)n1)Nc1ccccc1N1CCCCCC1. The molecule has 26 heavy (non-hydrogen) atoms. The first kappa shape index (κ1) is 18.3. The minimum absolute atomic E-state index is 0.273. The zero-order valence-electron chi connectivity index (χ0n) is 14.3. The van der Waals surface area contributed by atoms with Crippen LogP contribution in [0.3, 0.4) is 0 Å². The molecule has 1 aromatic carbocycles. The van der Waals surface area contributed by atoms with Gasteiger partial charge in [-0.2, -0.15) is 18.3 Å². The van der Waals surface area contributed by atoms with Crippen LogP contribution in [0.25, 0.3) is 0 Å². The molecule has 1 aliphatic rings. The van der Waals surface area contributed by atoms with E-state index in [0.717, 1.165) is 48.6 Å². The normalized spacial score (nSPS) is 15.6. The number of benzene rings is 1. The molecule has 1 aliphatic heterocycles. The van der Waals surface area contributed by atoms with Crippen molar-refractivity contribution in [1.82, 2.24) is 9.78 Å². The summed E-state index contributed by atoms with van der Waals surface area (Å²) in [6.45, 7) is 1.59. The molecule has 1 fully saturated rings. The largest absolute Gasteiger partial charge is 0.435 e. The zero-order chi connectivity index (χ0) is 18.6. The number of amides is 1. The summed E-state index contributed by atoms with van der Waals surface area (Å²) in [5, 5.41) is 6.21. The third-order valence-electron chi connectivity index (χ3n) is 4.36. The third-order valence-corrected chi connectivity index (χ3v) is 4.36. The summed E-state index contributed by atoms with van der Waals surface area (Å²) in [5.74, 6) is -0.413. The number of carbonyl (C=O) groups is 1. The van der Waals surface area contributed by atoms with Gasteiger partial charge < -0.3 is 10.2 Å². The molecule has 0 aliphatic carbocycles. The second-order valence-corrected chi connectivity index (χ2v) is 6.36. The second-order valence-electron chi connectivity index (χ2n) is 6.36. The van der Waals surface area contributed by atoms with Crippen LogP contribution in [0, 0.1) is 0 Å². The fourth-order valence-electron chi connectivity index (χ4n) is 3.10. The summed E-state index contributed by atoms with van der Waals surface area (Å²) < 4.78 is 38.8. The molecule has 2 aromatic rings. The Hall–Kier alpha value is -2.51. The molecule has 0 saturated carbocycles. The Labute approximate surface area is 149 Å². The maximum absolute atomic E-state index is 12.6. The highest BCUT2D eigenvalue weighted by molar-refractivity contribution is 5.94. The summed E-state index contributed by atoms with van der Waals surface area (Å²) >= 11 is 0. The van der Waals surface area contributed by atoms with Gasteiger partial charge in [0.05, 0.1) is 11.4 Å². The lowest BCUT2D eigenvalue weighted by Crippen LogP contribution is -2.26. The minimum Gasteiger partial charge on any atom is -0.370 e. The van der Waals surface area contributed by atoms with Gasteiger partial charge in [-0.1, -0.05) is 25.0 Å². The monoisotopic (exact) mass is 366 g/mol. The number of aromatic nitrogens is 2. The van der Waals surface area contributed by atoms with Crippen LogP contribution < -0.4 is 10.2 Å². The van der Waals surface area contributed by atoms with E-state index >= 15 is 0 Å². The number of halogens is 3. The van der Waals surface area contributed by atoms with Gasteiger partial charge in [0.1, 0.15) is 6.54 Å². The number of carbonyl (C=O) groups excluding carboxylic acids is 1. The smallest absolute Gasteiger partial charge is 0.370 e. The molecule has 1 aromatic heterocycles. The zero-order valence-corrected chi connectivity index (χ0v) is 14.3. The summed E-state index contributed by atoms with van der Waals surface area (Å²) in [7, 11) is 0. The molecule has 2 heterocycles. The number of rotatable bonds is 4. The molecule has 0 radical (unpaired) electrons. The van der Waals surface area contributed by atoms with Crippen molar-refractivity contribution in [3.05, 3.63) is 42.2 Å². The van der Waals surface area contributed by atoms with Crippen LogP contribution in [0.15, 0.2) is 36.5 Å². The fourth-order valence-corrected chi connectivity index (χ4v) is 3.10. The molecule has 0 spiro atoms. The second kappa shape index (κ2) is 7.80. The van der Waals surface area contributed by atoms with Crippen molar-refractivity contribution in [2.45, 2.75) is 38.4 Å². The maximum Gasteiger partial charge on any atom is 0.435 e. The fraction of sp³-hybridized carbons (Fsp3) is 0.444. The molecule has 0 unspecified atom stereocenters. The van der Waals surface area contributed by atoms with Crippen LogP contribution in [0.4, 0.5) is 24.5 Å². The highest BCUT2D eigenvalue weighted by atomic mass is 19.4. The van der Waals surface area contributed by atoms with Crippen LogP contribution in [-0.4, -0.2) is 28.8 Å². The van der Waals surface area contributed by atoms with Gasteiger partial charge in [-0.05, 0) is 31.0 Å². The van der Waals surface area contributed by atoms with Crippen LogP contribution >= 0.6 is 0 Å². The molecule has 1 saturated heterocycles. The van der Waals surface area contributed by atoms with E-state index in [9.17, 15) is 18.0 Å². The topological polar surface area (TPSA) is 50.2 Å². The van der Waals surface area contributed by atoms with E-state index in [2.05, 4.69) is 15.3 Å². The van der Waals surface area contributed by atoms with Crippen molar-refractivity contribution in [2.75, 3.05) is 23.3 Å². The molecule has 1 amide bonds. The van der Waals surface area contributed by atoms with Crippen molar-refractivity contribution < 1.29 is 18.0 Å². The van der Waals surface area contributed by atoms with Crippen molar-refractivity contribution in [1.29, 1.82) is 0 Å². The standard InChI is InChI=1S/C18H21F3N4O/c19-18(20,21)16-9-12-25(23-16)13-17(26)22-14-7-3-4-8-15(14)24-10-5-1-2-6-11-24/h3-4,7-9,12H,1-2,5-6,10-11,13H2,(H,22,26). The summed E-state index contributed by atoms with van der Waals surface area (Å²) in [6, 6.07) is 8.36. The molecule has 1 N–H and O–H groups in total. The van der Waals surface area contributed by atoms with E-state index < -0.39 is 17.8 Å². The first-order valence-electron chi connectivity index (χ1n) is 8.68. The Morgan fingerprint density at radius 3 is 2.42 bits per heavy atom. The molecule has 0 atom stereocenters. The van der Waals surface area contributed by atoms with Crippen LogP contribution in [0.5, 0.6) is 0 Å². The van der Waals surface area contributed by atoms with Gasteiger partial charge in [0.15, 0.2) is 5.69 Å². The van der Waals surface area contributed by atoms with Crippen molar-refractivity contribution >= 4 is 17.3 Å². The Kier molecular flexibility index (Phi) is 5.49. The lowest BCUT2D eigenvalue weighted by atomic mass is 10.2. The molecule has 3 rings (SSSR count). The van der Waals surface area contributed by atoms with Crippen LogP contribution in [0.2, 0.25) is 0 Å². The summed E-state index contributed by atoms with van der Waals surface area (Å²) in [4.78, 5) is 14.5. The molecule has 8 heteroatoms. The maximum atomic E-state index is 12.6. The van der Waals surface area contributed by atoms with Gasteiger partial charge in [0, 0.05) is 19.3 Å². The number of alkyl halides is 3. The number of nitrogens with one attached hydrogen (secondary N) is 1. The van der Waals surface area contributed by atoms with E-state index in [0.29, 0.717) is 5.69 Å². The predicted molar refractivity (Wildman–Crippen MR) is 93.0 cm³/mol. The number of anilines is 2. The lowest BCUT2D eigenvalue weighted by Gasteiger charge is -2.25. The highest BCUT2D eigenvalue weighted by Gasteiger charge is 2.33.